The van der Waals surface area contributed by atoms with Crippen molar-refractivity contribution in [3.8, 4) is 6.07 Å². The van der Waals surface area contributed by atoms with E-state index in [1.165, 1.54) is 0 Å². The monoisotopic (exact) mass is 197 g/mol. The SMILES string of the molecule is C=C(C#N)/C=C\C(=C)CBr. The van der Waals surface area contributed by atoms with Crippen LogP contribution in [0.4, 0.5) is 0 Å². The molecule has 0 bridgehead atoms. The van der Waals surface area contributed by atoms with Crippen molar-refractivity contribution in [2.75, 3.05) is 5.33 Å². The quantitative estimate of drug-likeness (QED) is 0.388. The first-order valence-electron chi connectivity index (χ1n) is 2.71. The summed E-state index contributed by atoms with van der Waals surface area (Å²) in [5.74, 6) is 0. The van der Waals surface area contributed by atoms with Crippen LogP contribution < -0.4 is 0 Å². The topological polar surface area (TPSA) is 23.8 Å². The number of allylic oxidation sites excluding steroid dienone is 4. The van der Waals surface area contributed by atoms with Crippen molar-refractivity contribution in [1.82, 2.24) is 0 Å². The lowest BCUT2D eigenvalue weighted by molar-refractivity contribution is 1.50. The zero-order valence-corrected chi connectivity index (χ0v) is 7.19. The number of halogens is 1. The van der Waals surface area contributed by atoms with E-state index >= 15 is 0 Å². The van der Waals surface area contributed by atoms with Gasteiger partial charge in [-0.3, -0.25) is 0 Å². The van der Waals surface area contributed by atoms with Crippen LogP contribution in [0.25, 0.3) is 0 Å². The largest absolute Gasteiger partial charge is 0.192 e. The van der Waals surface area contributed by atoms with Crippen molar-refractivity contribution in [1.29, 1.82) is 5.26 Å². The fourth-order valence-electron chi connectivity index (χ4n) is 0.300. The van der Waals surface area contributed by atoms with E-state index in [1.54, 1.807) is 12.2 Å². The number of nitriles is 1. The normalized spacial score (nSPS) is 9.20. The van der Waals surface area contributed by atoms with Gasteiger partial charge in [-0.05, 0) is 11.6 Å². The van der Waals surface area contributed by atoms with Crippen molar-refractivity contribution in [3.63, 3.8) is 0 Å². The minimum Gasteiger partial charge on any atom is -0.192 e. The Balaban J connectivity index is 3.91. The Hall–Kier alpha value is -0.810. The van der Waals surface area contributed by atoms with Crippen LogP contribution in [0.2, 0.25) is 0 Å². The molecule has 0 aromatic rings. The van der Waals surface area contributed by atoms with Gasteiger partial charge in [0.15, 0.2) is 0 Å². The lowest BCUT2D eigenvalue weighted by Crippen LogP contribution is -1.74. The van der Waals surface area contributed by atoms with E-state index in [-0.39, 0.29) is 0 Å². The molecule has 0 unspecified atom stereocenters. The summed E-state index contributed by atoms with van der Waals surface area (Å²) in [4.78, 5) is 0. The summed E-state index contributed by atoms with van der Waals surface area (Å²) in [6.45, 7) is 7.17. The zero-order valence-electron chi connectivity index (χ0n) is 5.60. The molecule has 0 saturated carbocycles. The number of hydrogen-bond donors (Lipinski definition) is 0. The van der Waals surface area contributed by atoms with E-state index in [9.17, 15) is 0 Å². The number of rotatable bonds is 3. The minimum atomic E-state index is 0.446. The third-order valence-corrected chi connectivity index (χ3v) is 1.56. The Morgan fingerprint density at radius 3 is 2.50 bits per heavy atom. The van der Waals surface area contributed by atoms with Crippen LogP contribution in [0.1, 0.15) is 0 Å². The van der Waals surface area contributed by atoms with Gasteiger partial charge in [-0.2, -0.15) is 5.26 Å². The lowest BCUT2D eigenvalue weighted by Gasteiger charge is -1.87. The predicted molar refractivity (Wildman–Crippen MR) is 46.8 cm³/mol. The second kappa shape index (κ2) is 5.01. The van der Waals surface area contributed by atoms with E-state index in [0.717, 1.165) is 10.9 Å². The standard InChI is InChI=1S/C8H8BrN/c1-7(5-9)3-4-8(2)6-10/h3-4H,1-2,5H2/b4-3-. The van der Waals surface area contributed by atoms with Gasteiger partial charge in [0.2, 0.25) is 0 Å². The number of nitrogens with zero attached hydrogens (tertiary/aromatic N) is 1. The summed E-state index contributed by atoms with van der Waals surface area (Å²) < 4.78 is 0. The Morgan fingerprint density at radius 2 is 2.10 bits per heavy atom. The van der Waals surface area contributed by atoms with Crippen molar-refractivity contribution < 1.29 is 0 Å². The highest BCUT2D eigenvalue weighted by Crippen LogP contribution is 1.99. The molecule has 0 aromatic carbocycles. The minimum absolute atomic E-state index is 0.446. The van der Waals surface area contributed by atoms with Crippen LogP contribution in [0.15, 0.2) is 36.5 Å². The third-order valence-electron chi connectivity index (χ3n) is 0.835. The molecular formula is C8H8BrN. The molecule has 1 nitrogen and oxygen atoms in total. The van der Waals surface area contributed by atoms with Gasteiger partial charge in [-0.15, -0.1) is 0 Å². The molecule has 0 spiro atoms. The van der Waals surface area contributed by atoms with Crippen molar-refractivity contribution in [3.05, 3.63) is 36.5 Å². The molecule has 0 rings (SSSR count). The molecular weight excluding hydrogens is 190 g/mol. The lowest BCUT2D eigenvalue weighted by atomic mass is 10.2. The highest BCUT2D eigenvalue weighted by molar-refractivity contribution is 9.09. The maximum atomic E-state index is 8.28. The second-order valence-corrected chi connectivity index (χ2v) is 2.32. The molecule has 0 atom stereocenters. The number of alkyl halides is 1. The maximum Gasteiger partial charge on any atom is 0.0985 e. The summed E-state index contributed by atoms with van der Waals surface area (Å²) in [6, 6.07) is 1.91. The number of hydrogen-bond acceptors (Lipinski definition) is 1. The van der Waals surface area contributed by atoms with Gasteiger partial charge in [-0.25, -0.2) is 0 Å². The van der Waals surface area contributed by atoms with Crippen LogP contribution >= 0.6 is 15.9 Å². The molecule has 0 fully saturated rings. The molecule has 0 heterocycles. The molecule has 0 aliphatic heterocycles. The molecule has 0 saturated heterocycles. The highest BCUT2D eigenvalue weighted by atomic mass is 79.9. The van der Waals surface area contributed by atoms with Gasteiger partial charge in [0, 0.05) is 10.9 Å². The average Bonchev–Trinajstić information content (AvgIpc) is 1.99. The molecule has 0 aliphatic rings. The van der Waals surface area contributed by atoms with Gasteiger partial charge >= 0.3 is 0 Å². The molecule has 10 heavy (non-hydrogen) atoms. The summed E-state index contributed by atoms with van der Waals surface area (Å²) in [5.41, 5.74) is 1.37. The Bertz CT molecular complexity index is 208. The van der Waals surface area contributed by atoms with Crippen LogP contribution in [0, 0.1) is 11.3 Å². The van der Waals surface area contributed by atoms with E-state index < -0.39 is 0 Å². The Kier molecular flexibility index (Phi) is 4.61. The molecule has 0 aliphatic carbocycles. The van der Waals surface area contributed by atoms with Gasteiger partial charge in [0.05, 0.1) is 6.07 Å². The summed E-state index contributed by atoms with van der Waals surface area (Å²) in [5, 5.41) is 9.00. The van der Waals surface area contributed by atoms with Crippen LogP contribution in [0.3, 0.4) is 0 Å². The molecule has 0 aromatic heterocycles. The van der Waals surface area contributed by atoms with Gasteiger partial charge in [-0.1, -0.05) is 35.2 Å². The van der Waals surface area contributed by atoms with Gasteiger partial charge < -0.3 is 0 Å². The fraction of sp³-hybridized carbons (Fsp3) is 0.125. The van der Waals surface area contributed by atoms with E-state index in [0.29, 0.717) is 5.57 Å². The first kappa shape index (κ1) is 9.19. The molecule has 0 amide bonds. The van der Waals surface area contributed by atoms with Crippen LogP contribution in [-0.2, 0) is 0 Å². The maximum absolute atomic E-state index is 8.28. The first-order chi connectivity index (χ1) is 4.70. The predicted octanol–water partition coefficient (Wildman–Crippen LogP) is 2.57. The van der Waals surface area contributed by atoms with E-state index in [2.05, 4.69) is 29.1 Å². The highest BCUT2D eigenvalue weighted by Gasteiger charge is 1.83. The summed E-state index contributed by atoms with van der Waals surface area (Å²) >= 11 is 3.22. The molecule has 0 N–H and O–H groups in total. The van der Waals surface area contributed by atoms with Crippen molar-refractivity contribution >= 4 is 15.9 Å². The molecule has 2 heteroatoms. The van der Waals surface area contributed by atoms with E-state index in [4.69, 9.17) is 5.26 Å². The second-order valence-electron chi connectivity index (χ2n) is 1.76. The Morgan fingerprint density at radius 1 is 1.50 bits per heavy atom. The first-order valence-corrected chi connectivity index (χ1v) is 3.83. The smallest absolute Gasteiger partial charge is 0.0985 e. The zero-order chi connectivity index (χ0) is 7.98. The average molecular weight is 198 g/mol. The van der Waals surface area contributed by atoms with Crippen molar-refractivity contribution in [2.45, 2.75) is 0 Å². The summed E-state index contributed by atoms with van der Waals surface area (Å²) in [7, 11) is 0. The van der Waals surface area contributed by atoms with Crippen LogP contribution in [-0.4, -0.2) is 5.33 Å². The van der Waals surface area contributed by atoms with E-state index in [1.807, 2.05) is 6.07 Å². The third kappa shape index (κ3) is 4.11. The van der Waals surface area contributed by atoms with Gasteiger partial charge in [0.25, 0.3) is 0 Å². The summed E-state index contributed by atoms with van der Waals surface area (Å²) in [6.07, 6.45) is 3.41. The van der Waals surface area contributed by atoms with Crippen LogP contribution in [0.5, 0.6) is 0 Å². The van der Waals surface area contributed by atoms with Crippen molar-refractivity contribution in [2.24, 2.45) is 0 Å². The molecule has 52 valence electrons. The fourth-order valence-corrected chi connectivity index (χ4v) is 0.487. The molecule has 0 radical (unpaired) electrons. The van der Waals surface area contributed by atoms with Gasteiger partial charge in [0.1, 0.15) is 0 Å². The Labute approximate surface area is 69.5 Å².